The predicted molar refractivity (Wildman–Crippen MR) is 60.8 cm³/mol. The molecule has 0 saturated carbocycles. The summed E-state index contributed by atoms with van der Waals surface area (Å²) in [6.45, 7) is -0.144. The molecule has 1 N–H and O–H groups in total. The Labute approximate surface area is 103 Å². The zero-order valence-electron chi connectivity index (χ0n) is 8.93. The third-order valence-electron chi connectivity index (χ3n) is 2.81. The fourth-order valence-corrected chi connectivity index (χ4v) is 1.97. The molecular weight excluding hydrogens is 244 g/mol. The Hall–Kier alpha value is -1.39. The highest BCUT2D eigenvalue weighted by molar-refractivity contribution is 6.30. The number of halogens is 1. The van der Waals surface area contributed by atoms with Crippen molar-refractivity contribution in [2.24, 2.45) is 11.8 Å². The average molecular weight is 255 g/mol. The van der Waals surface area contributed by atoms with Gasteiger partial charge in [0.1, 0.15) is 5.92 Å². The van der Waals surface area contributed by atoms with Gasteiger partial charge < -0.3 is 9.84 Å². The van der Waals surface area contributed by atoms with Crippen LogP contribution in [0, 0.1) is 11.8 Å². The van der Waals surface area contributed by atoms with Gasteiger partial charge in [-0.15, -0.1) is 0 Å². The van der Waals surface area contributed by atoms with Crippen LogP contribution in [0.5, 0.6) is 0 Å². The lowest BCUT2D eigenvalue weighted by Crippen LogP contribution is -2.27. The minimum Gasteiger partial charge on any atom is -0.465 e. The van der Waals surface area contributed by atoms with Gasteiger partial charge in [-0.2, -0.15) is 0 Å². The molecule has 1 aromatic rings. The summed E-state index contributed by atoms with van der Waals surface area (Å²) in [4.78, 5) is 23.5. The summed E-state index contributed by atoms with van der Waals surface area (Å²) >= 11 is 5.72. The van der Waals surface area contributed by atoms with Crippen molar-refractivity contribution in [2.75, 3.05) is 13.2 Å². The average Bonchev–Trinajstić information content (AvgIpc) is 2.70. The summed E-state index contributed by atoms with van der Waals surface area (Å²) in [5, 5.41) is 9.61. The Morgan fingerprint density at radius 3 is 2.65 bits per heavy atom. The minimum atomic E-state index is -0.902. The normalized spacial score (nSPS) is 23.5. The highest BCUT2D eigenvalue weighted by atomic mass is 35.5. The standard InChI is InChI=1S/C12H11ClO4/c13-9-3-1-7(2-4-9)11(15)10-8(5-14)6-17-12(10)16/h1-4,8,10,14H,5-6H2. The molecule has 0 aromatic heterocycles. The van der Waals surface area contributed by atoms with Gasteiger partial charge in [-0.25, -0.2) is 0 Å². The lowest BCUT2D eigenvalue weighted by atomic mass is 9.88. The van der Waals surface area contributed by atoms with Crippen molar-refractivity contribution in [3.05, 3.63) is 34.9 Å². The Bertz CT molecular complexity index is 440. The molecule has 1 fully saturated rings. The third kappa shape index (κ3) is 2.33. The molecule has 0 spiro atoms. The van der Waals surface area contributed by atoms with Gasteiger partial charge in [0.25, 0.3) is 0 Å². The molecule has 5 heteroatoms. The quantitative estimate of drug-likeness (QED) is 0.502. The number of benzene rings is 1. The van der Waals surface area contributed by atoms with E-state index in [1.54, 1.807) is 24.3 Å². The van der Waals surface area contributed by atoms with Gasteiger partial charge in [-0.3, -0.25) is 9.59 Å². The van der Waals surface area contributed by atoms with E-state index in [0.29, 0.717) is 10.6 Å². The number of rotatable bonds is 3. The van der Waals surface area contributed by atoms with Gasteiger partial charge in [-0.1, -0.05) is 11.6 Å². The Morgan fingerprint density at radius 2 is 2.06 bits per heavy atom. The fraction of sp³-hybridized carbons (Fsp3) is 0.333. The van der Waals surface area contributed by atoms with E-state index >= 15 is 0 Å². The molecular formula is C12H11ClO4. The van der Waals surface area contributed by atoms with E-state index in [0.717, 1.165) is 0 Å². The van der Waals surface area contributed by atoms with E-state index in [-0.39, 0.29) is 19.0 Å². The minimum absolute atomic E-state index is 0.0966. The van der Waals surface area contributed by atoms with Crippen molar-refractivity contribution in [1.82, 2.24) is 0 Å². The van der Waals surface area contributed by atoms with Crippen molar-refractivity contribution in [1.29, 1.82) is 0 Å². The van der Waals surface area contributed by atoms with Gasteiger partial charge in [0.15, 0.2) is 5.78 Å². The van der Waals surface area contributed by atoms with Crippen LogP contribution in [0.25, 0.3) is 0 Å². The lowest BCUT2D eigenvalue weighted by molar-refractivity contribution is -0.140. The first kappa shape index (κ1) is 12.1. The topological polar surface area (TPSA) is 63.6 Å². The molecule has 0 bridgehead atoms. The maximum Gasteiger partial charge on any atom is 0.317 e. The molecule has 0 aliphatic carbocycles. The van der Waals surface area contributed by atoms with Crippen molar-refractivity contribution in [3.63, 3.8) is 0 Å². The maximum atomic E-state index is 12.1. The van der Waals surface area contributed by atoms with Crippen molar-refractivity contribution < 1.29 is 19.4 Å². The molecule has 1 aliphatic rings. The highest BCUT2D eigenvalue weighted by Crippen LogP contribution is 2.26. The number of ether oxygens (including phenoxy) is 1. The van der Waals surface area contributed by atoms with Crippen LogP contribution in [0.3, 0.4) is 0 Å². The molecule has 17 heavy (non-hydrogen) atoms. The molecule has 0 radical (unpaired) electrons. The van der Waals surface area contributed by atoms with Crippen LogP contribution in [-0.2, 0) is 9.53 Å². The van der Waals surface area contributed by atoms with Crippen molar-refractivity contribution >= 4 is 23.4 Å². The summed E-state index contributed by atoms with van der Waals surface area (Å²) in [6.07, 6.45) is 0. The lowest BCUT2D eigenvalue weighted by Gasteiger charge is -2.11. The van der Waals surface area contributed by atoms with Gasteiger partial charge in [-0.05, 0) is 24.3 Å². The number of cyclic esters (lactones) is 1. The van der Waals surface area contributed by atoms with E-state index in [9.17, 15) is 9.59 Å². The second-order valence-electron chi connectivity index (χ2n) is 3.92. The summed E-state index contributed by atoms with van der Waals surface area (Å²) in [6, 6.07) is 6.29. The van der Waals surface area contributed by atoms with Gasteiger partial charge >= 0.3 is 5.97 Å². The number of esters is 1. The molecule has 2 unspecified atom stereocenters. The molecule has 1 saturated heterocycles. The van der Waals surface area contributed by atoms with E-state index in [2.05, 4.69) is 0 Å². The number of aliphatic hydroxyl groups is 1. The zero-order valence-corrected chi connectivity index (χ0v) is 9.68. The number of aliphatic hydroxyl groups excluding tert-OH is 1. The summed E-state index contributed by atoms with van der Waals surface area (Å²) in [5.74, 6) is -2.25. The van der Waals surface area contributed by atoms with Crippen molar-refractivity contribution in [2.45, 2.75) is 0 Å². The number of ketones is 1. The van der Waals surface area contributed by atoms with E-state index in [1.165, 1.54) is 0 Å². The number of Topliss-reactive ketones (excluding diaryl/α,β-unsaturated/α-hetero) is 1. The number of carbonyl (C=O) groups excluding carboxylic acids is 2. The monoisotopic (exact) mass is 254 g/mol. The molecule has 0 amide bonds. The van der Waals surface area contributed by atoms with Crippen LogP contribution in [0.4, 0.5) is 0 Å². The molecule has 4 nitrogen and oxygen atoms in total. The van der Waals surface area contributed by atoms with Crippen LogP contribution in [-0.4, -0.2) is 30.1 Å². The first-order valence-electron chi connectivity index (χ1n) is 5.20. The fourth-order valence-electron chi connectivity index (χ4n) is 1.84. The zero-order chi connectivity index (χ0) is 12.4. The van der Waals surface area contributed by atoms with E-state index < -0.39 is 17.8 Å². The second kappa shape index (κ2) is 4.85. The van der Waals surface area contributed by atoms with E-state index in [1.807, 2.05) is 0 Å². The molecule has 90 valence electrons. The van der Waals surface area contributed by atoms with Crippen LogP contribution < -0.4 is 0 Å². The number of carbonyl (C=O) groups is 2. The summed E-state index contributed by atoms with van der Waals surface area (Å²) in [7, 11) is 0. The smallest absolute Gasteiger partial charge is 0.317 e. The van der Waals surface area contributed by atoms with E-state index in [4.69, 9.17) is 21.4 Å². The summed E-state index contributed by atoms with van der Waals surface area (Å²) < 4.78 is 4.79. The Morgan fingerprint density at radius 1 is 1.41 bits per heavy atom. The molecule has 1 aliphatic heterocycles. The maximum absolute atomic E-state index is 12.1. The molecule has 1 heterocycles. The largest absolute Gasteiger partial charge is 0.465 e. The van der Waals surface area contributed by atoms with Gasteiger partial charge in [0.05, 0.1) is 13.2 Å². The molecule has 1 aromatic carbocycles. The number of hydrogen-bond acceptors (Lipinski definition) is 4. The van der Waals surface area contributed by atoms with Crippen molar-refractivity contribution in [3.8, 4) is 0 Å². The van der Waals surface area contributed by atoms with Crippen LogP contribution in [0.2, 0.25) is 5.02 Å². The van der Waals surface area contributed by atoms with Gasteiger partial charge in [0.2, 0.25) is 0 Å². The van der Waals surface area contributed by atoms with Crippen LogP contribution >= 0.6 is 11.6 Å². The van der Waals surface area contributed by atoms with Gasteiger partial charge in [0, 0.05) is 16.5 Å². The second-order valence-corrected chi connectivity index (χ2v) is 4.36. The predicted octanol–water partition coefficient (Wildman–Crippen LogP) is 1.30. The van der Waals surface area contributed by atoms with Crippen LogP contribution in [0.1, 0.15) is 10.4 Å². The SMILES string of the molecule is O=C1OCC(CO)C1C(=O)c1ccc(Cl)cc1. The third-order valence-corrected chi connectivity index (χ3v) is 3.06. The molecule has 2 rings (SSSR count). The first-order chi connectivity index (χ1) is 8.13. The molecule has 2 atom stereocenters. The first-order valence-corrected chi connectivity index (χ1v) is 5.58. The highest BCUT2D eigenvalue weighted by Gasteiger charge is 2.42. The summed E-state index contributed by atoms with van der Waals surface area (Å²) in [5.41, 5.74) is 0.400. The Balaban J connectivity index is 2.24. The van der Waals surface area contributed by atoms with Crippen LogP contribution in [0.15, 0.2) is 24.3 Å². The Kier molecular flexibility index (Phi) is 3.45. The number of hydrogen-bond donors (Lipinski definition) is 1.